The standard InChI is InChI=1S/C22H26N2O2S/c1-16(21-15-23-24-12-4-3-5-22(21)24)13-17-6-7-19(14-17)18-8-10-20(11-9-18)27(2,25)26/h3-5,8-12,15-17,19H,6-7,13-14H2,1-2H3/t16-,17?,19-/m0/s1. The molecule has 1 unspecified atom stereocenters. The molecule has 3 aromatic rings. The minimum Gasteiger partial charge on any atom is -0.241 e. The van der Waals surface area contributed by atoms with Crippen LogP contribution in [0.2, 0.25) is 0 Å². The molecule has 0 saturated heterocycles. The van der Waals surface area contributed by atoms with Crippen molar-refractivity contribution in [2.75, 3.05) is 6.26 Å². The van der Waals surface area contributed by atoms with Crippen LogP contribution in [0.5, 0.6) is 0 Å². The summed E-state index contributed by atoms with van der Waals surface area (Å²) in [5, 5.41) is 4.47. The maximum atomic E-state index is 11.6. The topological polar surface area (TPSA) is 51.4 Å². The van der Waals surface area contributed by atoms with Crippen molar-refractivity contribution in [2.45, 2.75) is 49.3 Å². The lowest BCUT2D eigenvalue weighted by Gasteiger charge is -2.17. The van der Waals surface area contributed by atoms with Gasteiger partial charge in [-0.1, -0.05) is 25.1 Å². The molecule has 0 aliphatic heterocycles. The lowest BCUT2D eigenvalue weighted by molar-refractivity contribution is 0.456. The van der Waals surface area contributed by atoms with Crippen molar-refractivity contribution >= 4 is 15.4 Å². The third kappa shape index (κ3) is 3.79. The van der Waals surface area contributed by atoms with E-state index in [1.807, 2.05) is 35.1 Å². The highest BCUT2D eigenvalue weighted by atomic mass is 32.2. The Morgan fingerprint density at radius 1 is 1.15 bits per heavy atom. The van der Waals surface area contributed by atoms with Crippen molar-refractivity contribution in [2.24, 2.45) is 5.92 Å². The molecule has 27 heavy (non-hydrogen) atoms. The lowest BCUT2D eigenvalue weighted by atomic mass is 9.88. The van der Waals surface area contributed by atoms with Crippen LogP contribution < -0.4 is 0 Å². The third-order valence-electron chi connectivity index (χ3n) is 5.99. The van der Waals surface area contributed by atoms with Crippen LogP contribution in [-0.4, -0.2) is 24.3 Å². The van der Waals surface area contributed by atoms with Crippen LogP contribution in [0, 0.1) is 5.92 Å². The van der Waals surface area contributed by atoms with Crippen LogP contribution in [0.1, 0.15) is 55.6 Å². The number of pyridine rings is 1. The SMILES string of the molecule is C[C@@H](CC1CC[C@H](c2ccc(S(C)(=O)=O)cc2)C1)c1cnn2ccccc12. The van der Waals surface area contributed by atoms with Crippen LogP contribution in [-0.2, 0) is 9.84 Å². The molecule has 4 nitrogen and oxygen atoms in total. The number of nitrogens with zero attached hydrogens (tertiary/aromatic N) is 2. The lowest BCUT2D eigenvalue weighted by Crippen LogP contribution is -2.03. The van der Waals surface area contributed by atoms with Gasteiger partial charge in [-0.2, -0.15) is 5.10 Å². The van der Waals surface area contributed by atoms with E-state index in [2.05, 4.69) is 24.2 Å². The first-order valence-electron chi connectivity index (χ1n) is 9.64. The first kappa shape index (κ1) is 18.2. The number of rotatable bonds is 5. The highest BCUT2D eigenvalue weighted by molar-refractivity contribution is 7.90. The molecule has 0 radical (unpaired) electrons. The van der Waals surface area contributed by atoms with Crippen molar-refractivity contribution in [1.82, 2.24) is 9.61 Å². The van der Waals surface area contributed by atoms with Crippen molar-refractivity contribution in [3.8, 4) is 0 Å². The van der Waals surface area contributed by atoms with E-state index in [9.17, 15) is 8.42 Å². The molecule has 0 amide bonds. The van der Waals surface area contributed by atoms with E-state index in [4.69, 9.17) is 0 Å². The smallest absolute Gasteiger partial charge is 0.175 e. The molecule has 2 aromatic heterocycles. The van der Waals surface area contributed by atoms with Gasteiger partial charge in [-0.05, 0) is 73.3 Å². The van der Waals surface area contributed by atoms with Gasteiger partial charge in [-0.3, -0.25) is 0 Å². The minimum absolute atomic E-state index is 0.405. The van der Waals surface area contributed by atoms with E-state index < -0.39 is 9.84 Å². The van der Waals surface area contributed by atoms with Gasteiger partial charge >= 0.3 is 0 Å². The number of hydrogen-bond acceptors (Lipinski definition) is 3. The highest BCUT2D eigenvalue weighted by Gasteiger charge is 2.28. The van der Waals surface area contributed by atoms with E-state index in [1.165, 1.54) is 48.6 Å². The van der Waals surface area contributed by atoms with Gasteiger partial charge in [0.05, 0.1) is 16.6 Å². The van der Waals surface area contributed by atoms with E-state index in [-0.39, 0.29) is 0 Å². The summed E-state index contributed by atoms with van der Waals surface area (Å²) in [6.45, 7) is 2.30. The second kappa shape index (κ2) is 7.12. The summed E-state index contributed by atoms with van der Waals surface area (Å²) in [5.74, 6) is 1.74. The maximum Gasteiger partial charge on any atom is 0.175 e. The monoisotopic (exact) mass is 382 g/mol. The molecule has 1 aliphatic carbocycles. The molecule has 1 aliphatic rings. The summed E-state index contributed by atoms with van der Waals surface area (Å²) < 4.78 is 25.2. The van der Waals surface area contributed by atoms with Crippen LogP contribution >= 0.6 is 0 Å². The molecule has 142 valence electrons. The second-order valence-electron chi connectivity index (χ2n) is 7.98. The Kier molecular flexibility index (Phi) is 4.81. The quantitative estimate of drug-likeness (QED) is 0.636. The second-order valence-corrected chi connectivity index (χ2v) is 10.0. The molecule has 1 saturated carbocycles. The fraction of sp³-hybridized carbons (Fsp3) is 0.409. The Labute approximate surface area is 161 Å². The fourth-order valence-corrected chi connectivity index (χ4v) is 5.17. The number of sulfone groups is 1. The van der Waals surface area contributed by atoms with Crippen molar-refractivity contribution < 1.29 is 8.42 Å². The largest absolute Gasteiger partial charge is 0.241 e. The van der Waals surface area contributed by atoms with Crippen molar-refractivity contribution in [3.05, 3.63) is 66.0 Å². The van der Waals surface area contributed by atoms with Gasteiger partial charge < -0.3 is 0 Å². The van der Waals surface area contributed by atoms with Gasteiger partial charge in [-0.25, -0.2) is 12.9 Å². The van der Waals surface area contributed by atoms with Gasteiger partial charge in [-0.15, -0.1) is 0 Å². The number of benzene rings is 1. The van der Waals surface area contributed by atoms with Crippen LogP contribution in [0.3, 0.4) is 0 Å². The van der Waals surface area contributed by atoms with E-state index >= 15 is 0 Å². The zero-order chi connectivity index (χ0) is 19.0. The summed E-state index contributed by atoms with van der Waals surface area (Å²) >= 11 is 0. The Morgan fingerprint density at radius 3 is 2.67 bits per heavy atom. The van der Waals surface area contributed by atoms with Gasteiger partial charge in [0, 0.05) is 18.0 Å². The molecular formula is C22H26N2O2S. The molecule has 0 spiro atoms. The first-order valence-corrected chi connectivity index (χ1v) is 11.5. The Bertz CT molecular complexity index is 1040. The Morgan fingerprint density at radius 2 is 1.93 bits per heavy atom. The van der Waals surface area contributed by atoms with Gasteiger partial charge in [0.2, 0.25) is 0 Å². The summed E-state index contributed by atoms with van der Waals surface area (Å²) in [5.41, 5.74) is 3.81. The summed E-state index contributed by atoms with van der Waals surface area (Å²) in [4.78, 5) is 0.405. The highest BCUT2D eigenvalue weighted by Crippen LogP contribution is 2.42. The molecule has 0 bridgehead atoms. The third-order valence-corrected chi connectivity index (χ3v) is 7.12. The molecule has 4 rings (SSSR count). The van der Waals surface area contributed by atoms with Crippen molar-refractivity contribution in [1.29, 1.82) is 0 Å². The first-order chi connectivity index (χ1) is 12.9. The van der Waals surface area contributed by atoms with Gasteiger partial charge in [0.25, 0.3) is 0 Å². The number of hydrogen-bond donors (Lipinski definition) is 0. The molecule has 2 heterocycles. The average molecular weight is 383 g/mol. The Hall–Kier alpha value is -2.14. The molecular weight excluding hydrogens is 356 g/mol. The van der Waals surface area contributed by atoms with Gasteiger partial charge in [0.1, 0.15) is 0 Å². The zero-order valence-electron chi connectivity index (χ0n) is 15.9. The van der Waals surface area contributed by atoms with E-state index in [0.717, 1.165) is 0 Å². The van der Waals surface area contributed by atoms with Gasteiger partial charge in [0.15, 0.2) is 9.84 Å². The summed E-state index contributed by atoms with van der Waals surface area (Å²) in [6.07, 6.45) is 10.0. The Balaban J connectivity index is 1.42. The molecule has 3 atom stereocenters. The summed E-state index contributed by atoms with van der Waals surface area (Å²) in [6, 6.07) is 13.7. The predicted octanol–water partition coefficient (Wildman–Crippen LogP) is 4.82. The predicted molar refractivity (Wildman–Crippen MR) is 108 cm³/mol. The zero-order valence-corrected chi connectivity index (χ0v) is 16.7. The summed E-state index contributed by atoms with van der Waals surface area (Å²) in [7, 11) is -3.12. The van der Waals surface area contributed by atoms with E-state index in [0.29, 0.717) is 22.6 Å². The number of aromatic nitrogens is 2. The van der Waals surface area contributed by atoms with Crippen LogP contribution in [0.4, 0.5) is 0 Å². The minimum atomic E-state index is -3.12. The maximum absolute atomic E-state index is 11.6. The molecule has 5 heteroatoms. The molecule has 1 aromatic carbocycles. The van der Waals surface area contributed by atoms with Crippen LogP contribution in [0.15, 0.2) is 59.8 Å². The van der Waals surface area contributed by atoms with E-state index in [1.54, 1.807) is 12.1 Å². The molecule has 0 N–H and O–H groups in total. The fourth-order valence-electron chi connectivity index (χ4n) is 4.54. The number of fused-ring (bicyclic) bond motifs is 1. The molecule has 1 fully saturated rings. The van der Waals surface area contributed by atoms with Crippen LogP contribution in [0.25, 0.3) is 5.52 Å². The van der Waals surface area contributed by atoms with Crippen molar-refractivity contribution in [3.63, 3.8) is 0 Å². The average Bonchev–Trinajstić information content (AvgIpc) is 3.28. The normalized spacial score (nSPS) is 21.6.